The molecule has 0 amide bonds. The van der Waals surface area contributed by atoms with Gasteiger partial charge in [0.05, 0.1) is 15.8 Å². The van der Waals surface area contributed by atoms with Crippen molar-refractivity contribution in [3.8, 4) is 11.3 Å². The molecule has 0 radical (unpaired) electrons. The number of nitrogens with zero attached hydrogens (tertiary/aromatic N) is 1. The molecule has 122 valence electrons. The Kier molecular flexibility index (Phi) is 3.91. The van der Waals surface area contributed by atoms with E-state index in [9.17, 15) is 4.79 Å². The highest BCUT2D eigenvalue weighted by molar-refractivity contribution is 7.19. The quantitative estimate of drug-likeness (QED) is 0.535. The largest absolute Gasteiger partial charge is 0.478 e. The van der Waals surface area contributed by atoms with E-state index < -0.39 is 5.97 Å². The Morgan fingerprint density at radius 1 is 1.00 bits per heavy atom. The molecule has 4 rings (SSSR count). The molecule has 2 aromatic heterocycles. The first-order valence-electron chi connectivity index (χ1n) is 7.66. The fraction of sp³-hybridized carbons (Fsp3) is 0. The van der Waals surface area contributed by atoms with E-state index in [1.54, 1.807) is 35.6 Å². The average molecular weight is 347 g/mol. The fourth-order valence-corrected chi connectivity index (χ4v) is 3.36. The van der Waals surface area contributed by atoms with Gasteiger partial charge in [-0.15, -0.1) is 11.3 Å². The van der Waals surface area contributed by atoms with Crippen molar-refractivity contribution in [2.45, 2.75) is 0 Å². The summed E-state index contributed by atoms with van der Waals surface area (Å²) >= 11 is 1.63. The van der Waals surface area contributed by atoms with Gasteiger partial charge in [0.15, 0.2) is 0 Å². The number of fused-ring (bicyclic) bond motifs is 1. The van der Waals surface area contributed by atoms with Crippen molar-refractivity contribution < 1.29 is 14.3 Å². The van der Waals surface area contributed by atoms with Crippen LogP contribution in [0.2, 0.25) is 0 Å². The first-order chi connectivity index (χ1) is 12.2. The van der Waals surface area contributed by atoms with Crippen LogP contribution in [0.25, 0.3) is 33.7 Å². The van der Waals surface area contributed by atoms with E-state index in [0.29, 0.717) is 5.76 Å². The number of aromatic carboxylic acids is 1. The number of aromatic nitrogens is 1. The molecular formula is C20H13NO3S. The van der Waals surface area contributed by atoms with Gasteiger partial charge in [0.1, 0.15) is 16.5 Å². The third-order valence-corrected chi connectivity index (χ3v) is 4.75. The van der Waals surface area contributed by atoms with Crippen molar-refractivity contribution in [3.63, 3.8) is 0 Å². The third kappa shape index (κ3) is 3.22. The van der Waals surface area contributed by atoms with E-state index in [2.05, 4.69) is 11.1 Å². The molecule has 0 saturated carbocycles. The maximum absolute atomic E-state index is 10.9. The highest BCUT2D eigenvalue weighted by Crippen LogP contribution is 2.26. The molecule has 0 fully saturated rings. The highest BCUT2D eigenvalue weighted by atomic mass is 32.1. The zero-order valence-electron chi connectivity index (χ0n) is 13.0. The van der Waals surface area contributed by atoms with Crippen LogP contribution in [0.1, 0.15) is 21.1 Å². The molecule has 1 N–H and O–H groups in total. The van der Waals surface area contributed by atoms with Gasteiger partial charge < -0.3 is 9.52 Å². The molecule has 0 aliphatic heterocycles. The third-order valence-electron chi connectivity index (χ3n) is 3.74. The number of thiazole rings is 1. The number of hydrogen-bond acceptors (Lipinski definition) is 4. The summed E-state index contributed by atoms with van der Waals surface area (Å²) in [7, 11) is 0. The van der Waals surface area contributed by atoms with Gasteiger partial charge in [-0.2, -0.15) is 0 Å². The van der Waals surface area contributed by atoms with Gasteiger partial charge >= 0.3 is 5.97 Å². The van der Waals surface area contributed by atoms with Crippen LogP contribution in [0.3, 0.4) is 0 Å². The molecule has 0 saturated heterocycles. The molecule has 2 heterocycles. The highest BCUT2D eigenvalue weighted by Gasteiger charge is 2.06. The monoisotopic (exact) mass is 347 g/mol. The number of benzene rings is 2. The van der Waals surface area contributed by atoms with Gasteiger partial charge in [-0.3, -0.25) is 0 Å². The maximum Gasteiger partial charge on any atom is 0.335 e. The molecule has 0 spiro atoms. The number of furan rings is 1. The van der Waals surface area contributed by atoms with E-state index in [4.69, 9.17) is 9.52 Å². The first-order valence-corrected chi connectivity index (χ1v) is 8.48. The molecule has 0 atom stereocenters. The lowest BCUT2D eigenvalue weighted by Crippen LogP contribution is -1.94. The standard InChI is InChI=1S/C20H13NO3S/c22-20(23)14-7-5-13(6-8-14)17-11-9-15(24-17)10-12-19-21-16-3-1-2-4-18(16)25-19/h1-12H,(H,22,23)/b12-10+. The normalized spacial score (nSPS) is 11.4. The van der Waals surface area contributed by atoms with Crippen LogP contribution in [0.4, 0.5) is 0 Å². The summed E-state index contributed by atoms with van der Waals surface area (Å²) in [6.45, 7) is 0. The summed E-state index contributed by atoms with van der Waals surface area (Å²) in [5.41, 5.74) is 2.08. The zero-order chi connectivity index (χ0) is 17.2. The van der Waals surface area contributed by atoms with E-state index in [-0.39, 0.29) is 5.56 Å². The second-order valence-corrected chi connectivity index (χ2v) is 6.50. The van der Waals surface area contributed by atoms with Crippen molar-refractivity contribution in [1.82, 2.24) is 4.98 Å². The lowest BCUT2D eigenvalue weighted by molar-refractivity contribution is 0.0697. The average Bonchev–Trinajstić information content (AvgIpc) is 3.26. The first kappa shape index (κ1) is 15.4. The molecule has 5 heteroatoms. The van der Waals surface area contributed by atoms with E-state index in [1.807, 2.05) is 42.5 Å². The van der Waals surface area contributed by atoms with E-state index in [1.165, 1.54) is 0 Å². The van der Waals surface area contributed by atoms with Crippen LogP contribution in [0.15, 0.2) is 65.1 Å². The smallest absolute Gasteiger partial charge is 0.335 e. The van der Waals surface area contributed by atoms with Gasteiger partial charge in [0.25, 0.3) is 0 Å². The van der Waals surface area contributed by atoms with Crippen LogP contribution in [-0.4, -0.2) is 16.1 Å². The number of carboxylic acids is 1. The summed E-state index contributed by atoms with van der Waals surface area (Å²) < 4.78 is 6.96. The lowest BCUT2D eigenvalue weighted by Gasteiger charge is -1.98. The van der Waals surface area contributed by atoms with Gasteiger partial charge in [0, 0.05) is 5.56 Å². The van der Waals surface area contributed by atoms with Crippen LogP contribution in [-0.2, 0) is 0 Å². The van der Waals surface area contributed by atoms with Crippen molar-refractivity contribution in [2.75, 3.05) is 0 Å². The number of carbonyl (C=O) groups is 1. The Balaban J connectivity index is 1.55. The van der Waals surface area contributed by atoms with E-state index in [0.717, 1.165) is 26.5 Å². The van der Waals surface area contributed by atoms with Crippen molar-refractivity contribution in [1.29, 1.82) is 0 Å². The van der Waals surface area contributed by atoms with Gasteiger partial charge in [-0.1, -0.05) is 24.3 Å². The zero-order valence-corrected chi connectivity index (χ0v) is 13.9. The second kappa shape index (κ2) is 6.37. The van der Waals surface area contributed by atoms with Crippen LogP contribution >= 0.6 is 11.3 Å². The molecule has 0 aliphatic rings. The van der Waals surface area contributed by atoms with Crippen LogP contribution < -0.4 is 0 Å². The van der Waals surface area contributed by atoms with Gasteiger partial charge in [-0.25, -0.2) is 9.78 Å². The Morgan fingerprint density at radius 2 is 1.80 bits per heavy atom. The minimum atomic E-state index is -0.939. The topological polar surface area (TPSA) is 63.3 Å². The van der Waals surface area contributed by atoms with E-state index >= 15 is 0 Å². The Hall–Kier alpha value is -3.18. The molecule has 2 aromatic carbocycles. The Morgan fingerprint density at radius 3 is 2.56 bits per heavy atom. The predicted octanol–water partition coefficient (Wildman–Crippen LogP) is 5.42. The number of rotatable bonds is 4. The molecule has 0 aliphatic carbocycles. The summed E-state index contributed by atoms with van der Waals surface area (Å²) in [6.07, 6.45) is 3.81. The lowest BCUT2D eigenvalue weighted by atomic mass is 10.1. The Bertz CT molecular complexity index is 1040. The Labute approximate surface area is 147 Å². The summed E-state index contributed by atoms with van der Waals surface area (Å²) in [4.78, 5) is 15.5. The fourth-order valence-electron chi connectivity index (χ4n) is 2.49. The predicted molar refractivity (Wildman–Crippen MR) is 99.7 cm³/mol. The van der Waals surface area contributed by atoms with Gasteiger partial charge in [-0.05, 0) is 48.6 Å². The summed E-state index contributed by atoms with van der Waals surface area (Å²) in [5, 5.41) is 9.86. The second-order valence-electron chi connectivity index (χ2n) is 5.44. The molecule has 4 nitrogen and oxygen atoms in total. The van der Waals surface area contributed by atoms with Gasteiger partial charge in [0.2, 0.25) is 0 Å². The molecule has 0 bridgehead atoms. The van der Waals surface area contributed by atoms with Crippen molar-refractivity contribution in [3.05, 3.63) is 77.0 Å². The molecule has 4 aromatic rings. The minimum absolute atomic E-state index is 0.256. The number of hydrogen-bond donors (Lipinski definition) is 1. The number of carboxylic acid groups (broad SMARTS) is 1. The maximum atomic E-state index is 10.9. The van der Waals surface area contributed by atoms with Crippen molar-refractivity contribution in [2.24, 2.45) is 0 Å². The summed E-state index contributed by atoms with van der Waals surface area (Å²) in [6, 6.07) is 18.4. The minimum Gasteiger partial charge on any atom is -0.478 e. The summed E-state index contributed by atoms with van der Waals surface area (Å²) in [5.74, 6) is 0.475. The molecular weight excluding hydrogens is 334 g/mol. The number of para-hydroxylation sites is 1. The van der Waals surface area contributed by atoms with Crippen LogP contribution in [0.5, 0.6) is 0 Å². The SMILES string of the molecule is O=C(O)c1ccc(-c2ccc(/C=C/c3nc4ccccc4s3)o2)cc1. The molecule has 0 unspecified atom stereocenters. The molecule has 25 heavy (non-hydrogen) atoms. The van der Waals surface area contributed by atoms with Crippen LogP contribution in [0, 0.1) is 0 Å². The van der Waals surface area contributed by atoms with Crippen molar-refractivity contribution >= 4 is 39.7 Å².